The molecule has 0 saturated heterocycles. The van der Waals surface area contributed by atoms with Gasteiger partial charge < -0.3 is 30.2 Å². The summed E-state index contributed by atoms with van der Waals surface area (Å²) in [6.07, 6.45) is -7.62. The Hall–Kier alpha value is -8.30. The highest BCUT2D eigenvalue weighted by atomic mass is 35.5. The minimum Gasteiger partial charge on any atom is -0.448 e. The van der Waals surface area contributed by atoms with Crippen LogP contribution in [0.4, 0.5) is 42.5 Å². The van der Waals surface area contributed by atoms with E-state index in [4.69, 9.17) is 27.9 Å². The zero-order chi connectivity index (χ0) is 55.6. The van der Waals surface area contributed by atoms with E-state index in [2.05, 4.69) is 35.6 Å². The van der Waals surface area contributed by atoms with Crippen LogP contribution in [0.25, 0.3) is 33.2 Å². The zero-order valence-corrected chi connectivity index (χ0v) is 43.0. The number of fused-ring (bicyclic) bond motifs is 2. The van der Waals surface area contributed by atoms with Crippen molar-refractivity contribution >= 4 is 80.2 Å². The molecular formula is C54H46Cl2F6N8O7. The van der Waals surface area contributed by atoms with E-state index >= 15 is 0 Å². The summed E-state index contributed by atoms with van der Waals surface area (Å²) in [4.78, 5) is 56.4. The van der Waals surface area contributed by atoms with E-state index in [1.807, 2.05) is 0 Å². The molecule has 0 radical (unpaired) electrons. The Morgan fingerprint density at radius 1 is 0.597 bits per heavy atom. The van der Waals surface area contributed by atoms with Crippen LogP contribution in [0.2, 0.25) is 10.0 Å². The van der Waals surface area contributed by atoms with Crippen molar-refractivity contribution in [3.05, 3.63) is 166 Å². The first kappa shape index (κ1) is 54.9. The number of carbonyl (C=O) groups is 4. The first-order valence-corrected chi connectivity index (χ1v) is 24.1. The topological polar surface area (TPSA) is 171 Å². The fourth-order valence-corrected chi connectivity index (χ4v) is 8.41. The standard InChI is InChI=1S/C54H46Cl2F6N8O7/c1-51(2,3)68(29-32-19-21-42(56)38(23-32)48(72)67-44-15-9-17-46-40(44)28-65-70(46)34-11-7-13-36(25-34)77-54(60,61)62)50(74)75-30-52(4,5)49(73)63-26-31-18-20-41(55)37(22-31)47(71)66-43-14-8-16-45-39(43)27-64-69(45)33-10-6-12-35(24-33)76-53(57,58)59/h6-25,27-28H,26,29-30H2,1-5H3,(H,63,73)(H,66,71)(H,67,72). The summed E-state index contributed by atoms with van der Waals surface area (Å²) in [5.41, 5.74) is 1.31. The van der Waals surface area contributed by atoms with Gasteiger partial charge in [-0.25, -0.2) is 14.2 Å². The number of anilines is 2. The highest BCUT2D eigenvalue weighted by Crippen LogP contribution is 2.33. The smallest absolute Gasteiger partial charge is 0.448 e. The van der Waals surface area contributed by atoms with Crippen LogP contribution in [-0.2, 0) is 22.6 Å². The van der Waals surface area contributed by atoms with Gasteiger partial charge in [-0.2, -0.15) is 10.2 Å². The van der Waals surface area contributed by atoms with Crippen molar-refractivity contribution in [3.63, 3.8) is 0 Å². The number of amides is 4. The van der Waals surface area contributed by atoms with E-state index in [-0.39, 0.29) is 52.2 Å². The summed E-state index contributed by atoms with van der Waals surface area (Å²) >= 11 is 13.0. The van der Waals surface area contributed by atoms with Gasteiger partial charge in [0.1, 0.15) is 18.1 Å². The van der Waals surface area contributed by atoms with E-state index in [0.717, 1.165) is 12.1 Å². The highest BCUT2D eigenvalue weighted by molar-refractivity contribution is 6.35. The second-order valence-electron chi connectivity index (χ2n) is 19.1. The van der Waals surface area contributed by atoms with Gasteiger partial charge in [0.2, 0.25) is 5.91 Å². The molecular weight excluding hydrogens is 1060 g/mol. The first-order valence-electron chi connectivity index (χ1n) is 23.3. The van der Waals surface area contributed by atoms with Crippen LogP contribution in [-0.4, -0.2) is 73.1 Å². The maximum atomic E-state index is 13.8. The molecule has 23 heteroatoms. The third kappa shape index (κ3) is 13.2. The van der Waals surface area contributed by atoms with Crippen LogP contribution in [0.15, 0.2) is 134 Å². The molecule has 0 atom stereocenters. The molecule has 8 rings (SSSR count). The summed E-state index contributed by atoms with van der Waals surface area (Å²) in [6.45, 7) is 8.14. The fourth-order valence-electron chi connectivity index (χ4n) is 8.00. The Morgan fingerprint density at radius 3 is 1.52 bits per heavy atom. The van der Waals surface area contributed by atoms with Crippen LogP contribution >= 0.6 is 23.2 Å². The molecule has 8 aromatic rings. The number of hydrogen-bond donors (Lipinski definition) is 3. The molecule has 0 aliphatic carbocycles. The van der Waals surface area contributed by atoms with E-state index in [0.29, 0.717) is 44.3 Å². The molecule has 2 heterocycles. The minimum atomic E-state index is -4.89. The lowest BCUT2D eigenvalue weighted by Gasteiger charge is -2.36. The third-order valence-corrected chi connectivity index (χ3v) is 12.5. The minimum absolute atomic E-state index is 0.0320. The summed E-state index contributed by atoms with van der Waals surface area (Å²) in [6, 6.07) is 29.8. The summed E-state index contributed by atoms with van der Waals surface area (Å²) < 4.78 is 94.2. The first-order chi connectivity index (χ1) is 36.2. The summed E-state index contributed by atoms with van der Waals surface area (Å²) in [5.74, 6) is -2.53. The highest BCUT2D eigenvalue weighted by Gasteiger charge is 2.35. The van der Waals surface area contributed by atoms with Gasteiger partial charge in [0, 0.05) is 41.5 Å². The Balaban J connectivity index is 0.884. The summed E-state index contributed by atoms with van der Waals surface area (Å²) in [5, 5.41) is 18.3. The number of carbonyl (C=O) groups excluding carboxylic acids is 4. The van der Waals surface area contributed by atoms with Gasteiger partial charge in [-0.3, -0.25) is 19.3 Å². The Labute approximate surface area is 445 Å². The lowest BCUT2D eigenvalue weighted by molar-refractivity contribution is -0.275. The van der Waals surface area contributed by atoms with E-state index in [9.17, 15) is 45.5 Å². The third-order valence-electron chi connectivity index (χ3n) is 11.9. The molecule has 4 amide bonds. The second kappa shape index (κ2) is 21.7. The van der Waals surface area contributed by atoms with Crippen molar-refractivity contribution in [1.82, 2.24) is 29.8 Å². The molecule has 0 saturated carbocycles. The van der Waals surface area contributed by atoms with Crippen molar-refractivity contribution in [2.75, 3.05) is 17.2 Å². The molecule has 15 nitrogen and oxygen atoms in total. The predicted octanol–water partition coefficient (Wildman–Crippen LogP) is 13.1. The van der Waals surface area contributed by atoms with Crippen molar-refractivity contribution < 1.29 is 59.7 Å². The van der Waals surface area contributed by atoms with Crippen molar-refractivity contribution in [2.24, 2.45) is 5.41 Å². The van der Waals surface area contributed by atoms with Gasteiger partial charge >= 0.3 is 18.8 Å². The number of nitrogens with zero attached hydrogens (tertiary/aromatic N) is 5. The number of ether oxygens (including phenoxy) is 3. The number of rotatable bonds is 15. The monoisotopic (exact) mass is 1100 g/mol. The Bertz CT molecular complexity index is 3560. The largest absolute Gasteiger partial charge is 0.573 e. The van der Waals surface area contributed by atoms with Crippen LogP contribution in [0, 0.1) is 5.41 Å². The molecule has 0 aliphatic rings. The van der Waals surface area contributed by atoms with E-state index in [1.54, 1.807) is 95.3 Å². The van der Waals surface area contributed by atoms with Gasteiger partial charge in [0.15, 0.2) is 0 Å². The van der Waals surface area contributed by atoms with Crippen molar-refractivity contribution in [3.8, 4) is 22.9 Å². The number of hydrogen-bond acceptors (Lipinski definition) is 9. The molecule has 0 fully saturated rings. The zero-order valence-electron chi connectivity index (χ0n) is 41.4. The molecule has 0 spiro atoms. The molecule has 0 aliphatic heterocycles. The maximum Gasteiger partial charge on any atom is 0.573 e. The van der Waals surface area contributed by atoms with E-state index in [1.165, 1.54) is 75.2 Å². The van der Waals surface area contributed by atoms with Crippen LogP contribution in [0.3, 0.4) is 0 Å². The lowest BCUT2D eigenvalue weighted by Crippen LogP contribution is -2.47. The normalized spacial score (nSPS) is 12.1. The van der Waals surface area contributed by atoms with Gasteiger partial charge in [-0.15, -0.1) is 26.3 Å². The SMILES string of the molecule is CC(C)(COC(=O)N(Cc1ccc(Cl)c(C(=O)Nc2cccc3c2cnn3-c2cccc(OC(F)(F)F)c2)c1)C(C)(C)C)C(=O)NCc1ccc(Cl)c(C(=O)Nc2cccc3c2cnn3-c2cccc(OC(F)(F)F)c2)c1. The number of aromatic nitrogens is 4. The number of nitrogens with one attached hydrogen (secondary N) is 3. The average Bonchev–Trinajstić information content (AvgIpc) is 4.02. The van der Waals surface area contributed by atoms with E-state index < -0.39 is 59.0 Å². The van der Waals surface area contributed by atoms with Crippen LogP contribution < -0.4 is 25.4 Å². The van der Waals surface area contributed by atoms with Crippen molar-refractivity contribution in [1.29, 1.82) is 0 Å². The van der Waals surface area contributed by atoms with Gasteiger partial charge in [-0.05, 0) is 119 Å². The molecule has 0 bridgehead atoms. The number of benzene rings is 6. The quantitative estimate of drug-likeness (QED) is 0.0845. The molecule has 0 unspecified atom stereocenters. The maximum absolute atomic E-state index is 13.8. The average molecular weight is 1100 g/mol. The fraction of sp³-hybridized carbons (Fsp3) is 0.222. The molecule has 400 valence electrons. The van der Waals surface area contributed by atoms with Gasteiger partial charge in [-0.1, -0.05) is 59.6 Å². The molecule has 6 aromatic carbocycles. The van der Waals surface area contributed by atoms with Gasteiger partial charge in [0.05, 0.1) is 72.8 Å². The lowest BCUT2D eigenvalue weighted by atomic mass is 9.93. The Morgan fingerprint density at radius 2 is 1.05 bits per heavy atom. The van der Waals surface area contributed by atoms with Crippen LogP contribution in [0.1, 0.15) is 66.5 Å². The Kier molecular flexibility index (Phi) is 15.5. The molecule has 2 aromatic heterocycles. The molecule has 3 N–H and O–H groups in total. The second-order valence-corrected chi connectivity index (χ2v) is 19.9. The molecule has 77 heavy (non-hydrogen) atoms. The van der Waals surface area contributed by atoms with Crippen LogP contribution in [0.5, 0.6) is 11.5 Å². The number of alkyl halides is 6. The summed E-state index contributed by atoms with van der Waals surface area (Å²) in [7, 11) is 0. The van der Waals surface area contributed by atoms with Gasteiger partial charge in [0.25, 0.3) is 11.8 Å². The van der Waals surface area contributed by atoms with Crippen molar-refractivity contribution in [2.45, 2.75) is 66.0 Å². The predicted molar refractivity (Wildman–Crippen MR) is 277 cm³/mol. The number of halogens is 8.